The fourth-order valence-corrected chi connectivity index (χ4v) is 4.10. The highest BCUT2D eigenvalue weighted by atomic mass is 16.5. The van der Waals surface area contributed by atoms with Gasteiger partial charge in [-0.05, 0) is 31.9 Å². The van der Waals surface area contributed by atoms with Gasteiger partial charge in [-0.3, -0.25) is 9.69 Å². The first-order valence-electron chi connectivity index (χ1n) is 8.61. The molecular formula is C17H21N5O4. The molecule has 0 atom stereocenters. The van der Waals surface area contributed by atoms with Crippen molar-refractivity contribution in [1.29, 1.82) is 0 Å². The molecule has 2 aliphatic rings. The van der Waals surface area contributed by atoms with Gasteiger partial charge < -0.3 is 18.6 Å². The standard InChI is InChI=1S/C17H21N5O4/c1-12-18-19-14-10-21(16(24)25-2)11-17(22(12)14)5-7-20(8-6-17)15(23)13-4-3-9-26-13/h3-4,9H,5-8,10-11H2,1-2H3. The topological polar surface area (TPSA) is 93.7 Å². The van der Waals surface area contributed by atoms with Crippen molar-refractivity contribution in [2.75, 3.05) is 26.7 Å². The molecule has 0 unspecified atom stereocenters. The Labute approximate surface area is 150 Å². The number of fused-ring (bicyclic) bond motifs is 2. The molecule has 0 radical (unpaired) electrons. The van der Waals surface area contributed by atoms with Gasteiger partial charge in [0.25, 0.3) is 5.91 Å². The third kappa shape index (κ3) is 2.54. The lowest BCUT2D eigenvalue weighted by Gasteiger charge is -2.48. The van der Waals surface area contributed by atoms with Crippen LogP contribution in [0.1, 0.15) is 35.0 Å². The SMILES string of the molecule is COC(=O)N1Cc2nnc(C)n2C2(CCN(C(=O)c3ccco3)CC2)C1. The van der Waals surface area contributed by atoms with E-state index in [9.17, 15) is 9.59 Å². The summed E-state index contributed by atoms with van der Waals surface area (Å²) in [4.78, 5) is 28.1. The number of piperidine rings is 1. The van der Waals surface area contributed by atoms with Crippen molar-refractivity contribution in [3.05, 3.63) is 35.8 Å². The highest BCUT2D eigenvalue weighted by molar-refractivity contribution is 5.91. The molecule has 138 valence electrons. The molecule has 1 fully saturated rings. The lowest BCUT2D eigenvalue weighted by molar-refractivity contribution is 0.0287. The second kappa shape index (κ2) is 6.15. The Morgan fingerprint density at radius 2 is 2.00 bits per heavy atom. The maximum absolute atomic E-state index is 12.5. The average Bonchev–Trinajstić information content (AvgIpc) is 3.31. The van der Waals surface area contributed by atoms with Gasteiger partial charge in [-0.15, -0.1) is 10.2 Å². The second-order valence-electron chi connectivity index (χ2n) is 6.82. The molecule has 4 rings (SSSR count). The molecule has 0 saturated carbocycles. The molecule has 1 spiro atoms. The predicted octanol–water partition coefficient (Wildman–Crippen LogP) is 1.39. The Morgan fingerprint density at radius 1 is 1.23 bits per heavy atom. The van der Waals surface area contributed by atoms with E-state index < -0.39 is 0 Å². The third-order valence-corrected chi connectivity index (χ3v) is 5.33. The van der Waals surface area contributed by atoms with Crippen LogP contribution in [-0.4, -0.2) is 63.3 Å². The van der Waals surface area contributed by atoms with Gasteiger partial charge in [-0.2, -0.15) is 0 Å². The van der Waals surface area contributed by atoms with E-state index in [0.29, 0.717) is 44.8 Å². The van der Waals surface area contributed by atoms with Crippen LogP contribution in [0.5, 0.6) is 0 Å². The summed E-state index contributed by atoms with van der Waals surface area (Å²) in [6.07, 6.45) is 2.55. The molecule has 0 N–H and O–H groups in total. The number of aromatic nitrogens is 3. The van der Waals surface area contributed by atoms with Crippen LogP contribution >= 0.6 is 0 Å². The van der Waals surface area contributed by atoms with Crippen molar-refractivity contribution >= 4 is 12.0 Å². The van der Waals surface area contributed by atoms with Crippen molar-refractivity contribution < 1.29 is 18.7 Å². The fraction of sp³-hybridized carbons (Fsp3) is 0.529. The summed E-state index contributed by atoms with van der Waals surface area (Å²) in [6, 6.07) is 3.38. The molecule has 26 heavy (non-hydrogen) atoms. The van der Waals surface area contributed by atoms with Crippen molar-refractivity contribution in [1.82, 2.24) is 24.6 Å². The van der Waals surface area contributed by atoms with E-state index in [1.54, 1.807) is 21.9 Å². The fourth-order valence-electron chi connectivity index (χ4n) is 4.10. The van der Waals surface area contributed by atoms with Crippen LogP contribution in [-0.2, 0) is 16.8 Å². The van der Waals surface area contributed by atoms with Crippen molar-refractivity contribution in [2.45, 2.75) is 31.8 Å². The zero-order valence-electron chi connectivity index (χ0n) is 14.8. The number of nitrogens with zero attached hydrogens (tertiary/aromatic N) is 5. The number of ether oxygens (including phenoxy) is 1. The van der Waals surface area contributed by atoms with Gasteiger partial charge in [0.2, 0.25) is 0 Å². The Hall–Kier alpha value is -2.84. The molecule has 2 aromatic rings. The van der Waals surface area contributed by atoms with Crippen LogP contribution in [0.15, 0.2) is 22.8 Å². The minimum Gasteiger partial charge on any atom is -0.459 e. The summed E-state index contributed by atoms with van der Waals surface area (Å²) in [5.41, 5.74) is -0.324. The van der Waals surface area contributed by atoms with Crippen molar-refractivity contribution in [3.8, 4) is 0 Å². The molecule has 2 aliphatic heterocycles. The number of furan rings is 1. The van der Waals surface area contributed by atoms with Gasteiger partial charge >= 0.3 is 6.09 Å². The smallest absolute Gasteiger partial charge is 0.409 e. The molecule has 2 aromatic heterocycles. The van der Waals surface area contributed by atoms with Crippen LogP contribution in [0, 0.1) is 6.92 Å². The molecule has 0 aliphatic carbocycles. The van der Waals surface area contributed by atoms with Crippen molar-refractivity contribution in [2.24, 2.45) is 0 Å². The van der Waals surface area contributed by atoms with E-state index in [1.165, 1.54) is 13.4 Å². The Kier molecular flexibility index (Phi) is 3.93. The van der Waals surface area contributed by atoms with Gasteiger partial charge in [-0.1, -0.05) is 0 Å². The number of carbonyl (C=O) groups is 2. The van der Waals surface area contributed by atoms with Crippen LogP contribution < -0.4 is 0 Å². The Balaban J connectivity index is 1.59. The number of amides is 2. The first-order valence-corrected chi connectivity index (χ1v) is 8.61. The van der Waals surface area contributed by atoms with E-state index >= 15 is 0 Å². The van der Waals surface area contributed by atoms with E-state index in [-0.39, 0.29) is 17.5 Å². The zero-order valence-corrected chi connectivity index (χ0v) is 14.8. The number of aryl methyl sites for hydroxylation is 1. The number of hydrogen-bond donors (Lipinski definition) is 0. The summed E-state index contributed by atoms with van der Waals surface area (Å²) in [5, 5.41) is 8.44. The summed E-state index contributed by atoms with van der Waals surface area (Å²) in [6.45, 7) is 3.97. The maximum Gasteiger partial charge on any atom is 0.409 e. The quantitative estimate of drug-likeness (QED) is 0.764. The summed E-state index contributed by atoms with van der Waals surface area (Å²) < 4.78 is 12.3. The van der Waals surface area contributed by atoms with E-state index in [1.807, 2.05) is 6.92 Å². The highest BCUT2D eigenvalue weighted by Gasteiger charge is 2.45. The van der Waals surface area contributed by atoms with E-state index in [2.05, 4.69) is 14.8 Å². The van der Waals surface area contributed by atoms with Crippen LogP contribution in [0.4, 0.5) is 4.79 Å². The number of hydrogen-bond acceptors (Lipinski definition) is 6. The van der Waals surface area contributed by atoms with Crippen molar-refractivity contribution in [3.63, 3.8) is 0 Å². The number of rotatable bonds is 1. The maximum atomic E-state index is 12.5. The normalized spacial score (nSPS) is 18.7. The number of methoxy groups -OCH3 is 1. The lowest BCUT2D eigenvalue weighted by Crippen LogP contribution is -2.57. The molecule has 4 heterocycles. The van der Waals surface area contributed by atoms with Crippen LogP contribution in [0.2, 0.25) is 0 Å². The third-order valence-electron chi connectivity index (χ3n) is 5.33. The van der Waals surface area contributed by atoms with E-state index in [0.717, 1.165) is 11.6 Å². The molecule has 0 aromatic carbocycles. The monoisotopic (exact) mass is 359 g/mol. The summed E-state index contributed by atoms with van der Waals surface area (Å²) >= 11 is 0. The average molecular weight is 359 g/mol. The number of carbonyl (C=O) groups excluding carboxylic acids is 2. The first kappa shape index (κ1) is 16.6. The molecule has 9 heteroatoms. The largest absolute Gasteiger partial charge is 0.459 e. The van der Waals surface area contributed by atoms with Gasteiger partial charge in [0, 0.05) is 19.6 Å². The first-order chi connectivity index (χ1) is 12.5. The molecule has 0 bridgehead atoms. The molecule has 2 amide bonds. The number of likely N-dealkylation sites (tertiary alicyclic amines) is 1. The Bertz CT molecular complexity index is 820. The lowest BCUT2D eigenvalue weighted by atomic mass is 9.84. The van der Waals surface area contributed by atoms with Gasteiger partial charge in [0.15, 0.2) is 11.6 Å². The van der Waals surface area contributed by atoms with Gasteiger partial charge in [-0.25, -0.2) is 4.79 Å². The van der Waals surface area contributed by atoms with E-state index in [4.69, 9.17) is 9.15 Å². The minimum atomic E-state index is -0.370. The second-order valence-corrected chi connectivity index (χ2v) is 6.82. The summed E-state index contributed by atoms with van der Waals surface area (Å²) in [7, 11) is 1.38. The molecule has 9 nitrogen and oxygen atoms in total. The summed E-state index contributed by atoms with van der Waals surface area (Å²) in [5.74, 6) is 1.83. The molecular weight excluding hydrogens is 338 g/mol. The minimum absolute atomic E-state index is 0.105. The van der Waals surface area contributed by atoms with Gasteiger partial charge in [0.05, 0.1) is 25.5 Å². The Morgan fingerprint density at radius 3 is 2.65 bits per heavy atom. The van der Waals surface area contributed by atoms with Gasteiger partial charge in [0.1, 0.15) is 5.82 Å². The predicted molar refractivity (Wildman–Crippen MR) is 89.4 cm³/mol. The zero-order chi connectivity index (χ0) is 18.3. The van der Waals surface area contributed by atoms with Crippen LogP contribution in [0.3, 0.4) is 0 Å². The highest BCUT2D eigenvalue weighted by Crippen LogP contribution is 2.37. The van der Waals surface area contributed by atoms with Crippen LogP contribution in [0.25, 0.3) is 0 Å². The molecule has 1 saturated heterocycles.